The number of thiazole rings is 1. The summed E-state index contributed by atoms with van der Waals surface area (Å²) in [7, 11) is 0. The van der Waals surface area contributed by atoms with E-state index in [4.69, 9.17) is 6.57 Å². The maximum absolute atomic E-state index is 6.76. The van der Waals surface area contributed by atoms with Crippen LogP contribution in [0.2, 0.25) is 0 Å². The van der Waals surface area contributed by atoms with E-state index in [9.17, 15) is 0 Å². The molecule has 1 heterocycles. The third-order valence-corrected chi connectivity index (χ3v) is 2.56. The zero-order valence-corrected chi connectivity index (χ0v) is 7.70. The van der Waals surface area contributed by atoms with Crippen molar-refractivity contribution < 1.29 is 0 Å². The van der Waals surface area contributed by atoms with Gasteiger partial charge in [0.15, 0.2) is 0 Å². The van der Waals surface area contributed by atoms with Crippen molar-refractivity contribution in [2.24, 2.45) is 0 Å². The topological polar surface area (TPSA) is 17.2 Å². The Morgan fingerprint density at radius 2 is 2.18 bits per heavy atom. The van der Waals surface area contributed by atoms with Crippen LogP contribution in [0.4, 0.5) is 5.00 Å². The van der Waals surface area contributed by atoms with E-state index >= 15 is 0 Å². The maximum atomic E-state index is 6.76. The summed E-state index contributed by atoms with van der Waals surface area (Å²) >= 11 is 1.47. The van der Waals surface area contributed by atoms with Gasteiger partial charge in [-0.3, -0.25) is 4.98 Å². The Balaban J connectivity index is 3.01. The average Bonchev–Trinajstić information content (AvgIpc) is 2.32. The Morgan fingerprint density at radius 1 is 1.55 bits per heavy atom. The van der Waals surface area contributed by atoms with Crippen LogP contribution in [0.15, 0.2) is 6.20 Å². The van der Waals surface area contributed by atoms with Crippen LogP contribution in [0.1, 0.15) is 25.8 Å². The van der Waals surface area contributed by atoms with E-state index in [1.165, 1.54) is 11.3 Å². The fourth-order valence-corrected chi connectivity index (χ4v) is 1.42. The summed E-state index contributed by atoms with van der Waals surface area (Å²) in [5.74, 6) is 0. The fraction of sp³-hybridized carbons (Fsp3) is 0.500. The summed E-state index contributed by atoms with van der Waals surface area (Å²) in [5, 5.41) is 1.71. The highest BCUT2D eigenvalue weighted by atomic mass is 32.1. The Labute approximate surface area is 70.7 Å². The molecule has 1 rings (SSSR count). The third-order valence-electron chi connectivity index (χ3n) is 1.25. The molecule has 0 atom stereocenters. The van der Waals surface area contributed by atoms with E-state index in [1.54, 1.807) is 6.20 Å². The molecule has 0 saturated carbocycles. The Bertz CT molecular complexity index is 288. The lowest BCUT2D eigenvalue weighted by Gasteiger charge is -2.13. The second-order valence-electron chi connectivity index (χ2n) is 3.37. The Morgan fingerprint density at radius 3 is 2.45 bits per heavy atom. The van der Waals surface area contributed by atoms with Crippen molar-refractivity contribution >= 4 is 16.3 Å². The van der Waals surface area contributed by atoms with E-state index < -0.39 is 0 Å². The van der Waals surface area contributed by atoms with Crippen LogP contribution in [-0.4, -0.2) is 4.98 Å². The standard InChI is InChI=1S/C8H10N2S/c1-8(2,3)7-10-5-6(9-4)11-7/h5H,1-3H3. The van der Waals surface area contributed by atoms with E-state index in [0.29, 0.717) is 5.00 Å². The summed E-state index contributed by atoms with van der Waals surface area (Å²) < 4.78 is 0. The molecule has 0 aliphatic carbocycles. The normalized spacial score (nSPS) is 11.1. The number of hydrogen-bond acceptors (Lipinski definition) is 2. The second kappa shape index (κ2) is 2.63. The molecule has 0 unspecified atom stereocenters. The minimum Gasteiger partial charge on any atom is -0.262 e. The molecule has 3 heteroatoms. The van der Waals surface area contributed by atoms with E-state index in [1.807, 2.05) is 0 Å². The van der Waals surface area contributed by atoms with Gasteiger partial charge in [-0.1, -0.05) is 20.8 Å². The zero-order valence-electron chi connectivity index (χ0n) is 6.88. The summed E-state index contributed by atoms with van der Waals surface area (Å²) in [6.07, 6.45) is 1.64. The molecule has 1 aromatic heterocycles. The third kappa shape index (κ3) is 1.78. The van der Waals surface area contributed by atoms with Gasteiger partial charge in [-0.05, 0) is 0 Å². The minimum atomic E-state index is 0.0770. The van der Waals surface area contributed by atoms with Gasteiger partial charge in [0.2, 0.25) is 0 Å². The highest BCUT2D eigenvalue weighted by Gasteiger charge is 2.17. The molecule has 0 saturated heterocycles. The van der Waals surface area contributed by atoms with Gasteiger partial charge in [0.1, 0.15) is 0 Å². The highest BCUT2D eigenvalue weighted by Crippen LogP contribution is 2.30. The first-order valence-electron chi connectivity index (χ1n) is 3.38. The van der Waals surface area contributed by atoms with Gasteiger partial charge in [-0.25, -0.2) is 4.85 Å². The molecule has 11 heavy (non-hydrogen) atoms. The molecule has 0 aromatic carbocycles. The molecule has 0 spiro atoms. The van der Waals surface area contributed by atoms with E-state index in [2.05, 4.69) is 30.6 Å². The summed E-state index contributed by atoms with van der Waals surface area (Å²) in [4.78, 5) is 7.47. The molecule has 2 nitrogen and oxygen atoms in total. The largest absolute Gasteiger partial charge is 0.262 e. The van der Waals surface area contributed by atoms with Crippen LogP contribution in [-0.2, 0) is 5.41 Å². The quantitative estimate of drug-likeness (QED) is 0.541. The van der Waals surface area contributed by atoms with Gasteiger partial charge in [-0.2, -0.15) is 0 Å². The number of hydrogen-bond donors (Lipinski definition) is 0. The molecule has 0 fully saturated rings. The van der Waals surface area contributed by atoms with Crippen LogP contribution in [0, 0.1) is 6.57 Å². The predicted molar refractivity (Wildman–Crippen MR) is 47.1 cm³/mol. The van der Waals surface area contributed by atoms with E-state index in [-0.39, 0.29) is 5.41 Å². The first-order chi connectivity index (χ1) is 5.04. The SMILES string of the molecule is [C-]#[N+]c1cnc(C(C)(C)C)s1. The first kappa shape index (κ1) is 8.22. The van der Waals surface area contributed by atoms with Gasteiger partial charge in [0, 0.05) is 11.6 Å². The van der Waals surface area contributed by atoms with Crippen molar-refractivity contribution in [2.75, 3.05) is 0 Å². The molecule has 0 aliphatic rings. The van der Waals surface area contributed by atoms with Gasteiger partial charge in [0.05, 0.1) is 11.6 Å². The lowest BCUT2D eigenvalue weighted by molar-refractivity contribution is 0.585. The van der Waals surface area contributed by atoms with Gasteiger partial charge >= 0.3 is 0 Å². The molecular formula is C8H10N2S. The lowest BCUT2D eigenvalue weighted by Crippen LogP contribution is -2.09. The van der Waals surface area contributed by atoms with Crippen molar-refractivity contribution in [1.29, 1.82) is 0 Å². The molecular weight excluding hydrogens is 156 g/mol. The molecule has 58 valence electrons. The zero-order chi connectivity index (χ0) is 8.48. The van der Waals surface area contributed by atoms with Crippen LogP contribution < -0.4 is 0 Å². The smallest absolute Gasteiger partial charge is 0.260 e. The van der Waals surface area contributed by atoms with Crippen molar-refractivity contribution in [2.45, 2.75) is 26.2 Å². The monoisotopic (exact) mass is 166 g/mol. The molecule has 0 bridgehead atoms. The van der Waals surface area contributed by atoms with Gasteiger partial charge in [-0.15, -0.1) is 11.3 Å². The summed E-state index contributed by atoms with van der Waals surface area (Å²) in [5.41, 5.74) is 0.0770. The fourth-order valence-electron chi connectivity index (χ4n) is 0.664. The second-order valence-corrected chi connectivity index (χ2v) is 4.37. The van der Waals surface area contributed by atoms with Gasteiger partial charge < -0.3 is 0 Å². The Hall–Kier alpha value is -0.880. The van der Waals surface area contributed by atoms with Crippen LogP contribution in [0.3, 0.4) is 0 Å². The average molecular weight is 166 g/mol. The number of nitrogens with zero attached hydrogens (tertiary/aromatic N) is 2. The molecule has 0 aliphatic heterocycles. The first-order valence-corrected chi connectivity index (χ1v) is 4.19. The molecule has 0 amide bonds. The highest BCUT2D eigenvalue weighted by molar-refractivity contribution is 7.15. The van der Waals surface area contributed by atoms with Crippen molar-refractivity contribution in [1.82, 2.24) is 4.98 Å². The van der Waals surface area contributed by atoms with Crippen LogP contribution >= 0.6 is 11.3 Å². The molecule has 0 radical (unpaired) electrons. The van der Waals surface area contributed by atoms with Crippen molar-refractivity contribution in [3.05, 3.63) is 22.6 Å². The maximum Gasteiger partial charge on any atom is 0.260 e. The summed E-state index contributed by atoms with van der Waals surface area (Å²) in [6.45, 7) is 13.0. The van der Waals surface area contributed by atoms with Crippen molar-refractivity contribution in [3.63, 3.8) is 0 Å². The number of rotatable bonds is 0. The van der Waals surface area contributed by atoms with E-state index in [0.717, 1.165) is 5.01 Å². The Kier molecular flexibility index (Phi) is 1.97. The van der Waals surface area contributed by atoms with Gasteiger partial charge in [0.25, 0.3) is 5.00 Å². The molecule has 0 N–H and O–H groups in total. The van der Waals surface area contributed by atoms with Crippen LogP contribution in [0.25, 0.3) is 4.85 Å². The minimum absolute atomic E-state index is 0.0770. The predicted octanol–water partition coefficient (Wildman–Crippen LogP) is 2.99. The molecule has 1 aromatic rings. The van der Waals surface area contributed by atoms with Crippen molar-refractivity contribution in [3.8, 4) is 0 Å². The summed E-state index contributed by atoms with van der Waals surface area (Å²) in [6, 6.07) is 0. The number of aromatic nitrogens is 1. The lowest BCUT2D eigenvalue weighted by atomic mass is 9.98. The van der Waals surface area contributed by atoms with Crippen LogP contribution in [0.5, 0.6) is 0 Å².